The zero-order valence-electron chi connectivity index (χ0n) is 9.23. The highest BCUT2D eigenvalue weighted by molar-refractivity contribution is 6.06. The van der Waals surface area contributed by atoms with Gasteiger partial charge in [0.2, 0.25) is 0 Å². The fraction of sp³-hybridized carbons (Fsp3) is 0.0909. The van der Waals surface area contributed by atoms with Crippen molar-refractivity contribution in [1.82, 2.24) is 10.2 Å². The molecule has 0 aliphatic heterocycles. The van der Waals surface area contributed by atoms with Gasteiger partial charge in [0.05, 0.1) is 18.9 Å². The van der Waals surface area contributed by atoms with Gasteiger partial charge < -0.3 is 15.8 Å². The van der Waals surface area contributed by atoms with E-state index >= 15 is 0 Å². The number of ether oxygens (including phenoxy) is 1. The van der Waals surface area contributed by atoms with E-state index < -0.39 is 0 Å². The first kappa shape index (κ1) is 11.0. The van der Waals surface area contributed by atoms with Crippen molar-refractivity contribution in [3.05, 3.63) is 36.0 Å². The number of nitrogens with one attached hydrogen (secondary N) is 2. The van der Waals surface area contributed by atoms with Gasteiger partial charge in [0, 0.05) is 11.8 Å². The highest BCUT2D eigenvalue weighted by atomic mass is 16.5. The predicted molar refractivity (Wildman–Crippen MR) is 63.9 cm³/mol. The predicted octanol–water partition coefficient (Wildman–Crippen LogP) is 1.25. The lowest BCUT2D eigenvalue weighted by Crippen LogP contribution is -2.13. The third kappa shape index (κ3) is 2.36. The number of benzene rings is 1. The number of carbonyl (C=O) groups is 1. The van der Waals surface area contributed by atoms with Crippen molar-refractivity contribution in [2.24, 2.45) is 0 Å². The van der Waals surface area contributed by atoms with Crippen LogP contribution in [0.4, 0.5) is 11.5 Å². The lowest BCUT2D eigenvalue weighted by atomic mass is 10.1. The number of nitrogens with zero attached hydrogens (tertiary/aromatic N) is 1. The van der Waals surface area contributed by atoms with Crippen molar-refractivity contribution in [2.45, 2.75) is 0 Å². The van der Waals surface area contributed by atoms with Crippen LogP contribution in [0.3, 0.4) is 0 Å². The minimum atomic E-state index is -0.307. The molecule has 0 spiro atoms. The SMILES string of the molecule is COc1ccc(N)cc1C(=O)Nc1ccn[nH]1. The van der Waals surface area contributed by atoms with Crippen LogP contribution in [0.25, 0.3) is 0 Å². The molecule has 6 heteroatoms. The Morgan fingerprint density at radius 3 is 2.94 bits per heavy atom. The third-order valence-electron chi connectivity index (χ3n) is 2.22. The Morgan fingerprint density at radius 2 is 2.29 bits per heavy atom. The van der Waals surface area contributed by atoms with Crippen LogP contribution in [-0.4, -0.2) is 23.2 Å². The van der Waals surface area contributed by atoms with Crippen LogP contribution in [0.2, 0.25) is 0 Å². The van der Waals surface area contributed by atoms with Gasteiger partial charge in [0.25, 0.3) is 5.91 Å². The largest absolute Gasteiger partial charge is 0.496 e. The Morgan fingerprint density at radius 1 is 1.47 bits per heavy atom. The summed E-state index contributed by atoms with van der Waals surface area (Å²) in [5.41, 5.74) is 6.52. The van der Waals surface area contributed by atoms with Crippen molar-refractivity contribution < 1.29 is 9.53 Å². The first-order valence-electron chi connectivity index (χ1n) is 4.95. The fourth-order valence-corrected chi connectivity index (χ4v) is 1.42. The average Bonchev–Trinajstić information content (AvgIpc) is 2.81. The Bertz CT molecular complexity index is 522. The van der Waals surface area contributed by atoms with E-state index in [0.29, 0.717) is 22.8 Å². The van der Waals surface area contributed by atoms with Crippen LogP contribution in [0.5, 0.6) is 5.75 Å². The molecule has 0 atom stereocenters. The maximum atomic E-state index is 11.9. The van der Waals surface area contributed by atoms with Crippen molar-refractivity contribution in [3.63, 3.8) is 0 Å². The molecule has 1 heterocycles. The van der Waals surface area contributed by atoms with Gasteiger partial charge in [-0.15, -0.1) is 0 Å². The first-order valence-corrected chi connectivity index (χ1v) is 4.95. The minimum Gasteiger partial charge on any atom is -0.496 e. The molecule has 6 nitrogen and oxygen atoms in total. The van der Waals surface area contributed by atoms with E-state index in [2.05, 4.69) is 15.5 Å². The van der Waals surface area contributed by atoms with Crippen molar-refractivity contribution in [3.8, 4) is 5.75 Å². The number of H-pyrrole nitrogens is 1. The van der Waals surface area contributed by atoms with Crippen molar-refractivity contribution in [2.75, 3.05) is 18.2 Å². The second-order valence-corrected chi connectivity index (χ2v) is 3.38. The minimum absolute atomic E-state index is 0.307. The molecule has 0 aliphatic rings. The van der Waals surface area contributed by atoms with Gasteiger partial charge in [0.15, 0.2) is 0 Å². The van der Waals surface area contributed by atoms with Crippen LogP contribution in [-0.2, 0) is 0 Å². The molecule has 2 rings (SSSR count). The summed E-state index contributed by atoms with van der Waals surface area (Å²) in [5.74, 6) is 0.675. The average molecular weight is 232 g/mol. The summed E-state index contributed by atoms with van der Waals surface area (Å²) in [4.78, 5) is 11.9. The van der Waals surface area contributed by atoms with E-state index in [9.17, 15) is 4.79 Å². The summed E-state index contributed by atoms with van der Waals surface area (Å²) in [6.45, 7) is 0. The monoisotopic (exact) mass is 232 g/mol. The molecule has 4 N–H and O–H groups in total. The zero-order valence-corrected chi connectivity index (χ0v) is 9.23. The Balaban J connectivity index is 2.26. The third-order valence-corrected chi connectivity index (χ3v) is 2.22. The molecule has 0 saturated heterocycles. The number of nitrogen functional groups attached to an aromatic ring is 1. The molecule has 1 aromatic heterocycles. The molecule has 0 radical (unpaired) electrons. The summed E-state index contributed by atoms with van der Waals surface area (Å²) in [6.07, 6.45) is 1.55. The lowest BCUT2D eigenvalue weighted by molar-refractivity contribution is 0.102. The second-order valence-electron chi connectivity index (χ2n) is 3.38. The van der Waals surface area contributed by atoms with E-state index in [1.54, 1.807) is 30.5 Å². The normalized spacial score (nSPS) is 9.94. The Labute approximate surface area is 97.8 Å². The molecular weight excluding hydrogens is 220 g/mol. The summed E-state index contributed by atoms with van der Waals surface area (Å²) < 4.78 is 5.10. The van der Waals surface area contributed by atoms with Crippen molar-refractivity contribution in [1.29, 1.82) is 0 Å². The molecule has 17 heavy (non-hydrogen) atoms. The maximum Gasteiger partial charge on any atom is 0.260 e. The van der Waals surface area contributed by atoms with Gasteiger partial charge in [-0.3, -0.25) is 9.89 Å². The smallest absolute Gasteiger partial charge is 0.260 e. The number of nitrogens with two attached hydrogens (primary N) is 1. The van der Waals surface area contributed by atoms with E-state index in [-0.39, 0.29) is 5.91 Å². The molecular formula is C11H12N4O2. The topological polar surface area (TPSA) is 93.0 Å². The number of rotatable bonds is 3. The van der Waals surface area contributed by atoms with Gasteiger partial charge in [-0.25, -0.2) is 0 Å². The summed E-state index contributed by atoms with van der Waals surface area (Å²) in [6, 6.07) is 6.53. The number of aromatic amines is 1. The Hall–Kier alpha value is -2.50. The molecule has 0 saturated carbocycles. The first-order chi connectivity index (χ1) is 8.20. The summed E-state index contributed by atoms with van der Waals surface area (Å²) >= 11 is 0. The molecule has 2 aromatic rings. The number of hydrogen-bond acceptors (Lipinski definition) is 4. The molecule has 88 valence electrons. The second kappa shape index (κ2) is 4.56. The van der Waals surface area contributed by atoms with E-state index in [1.165, 1.54) is 7.11 Å². The van der Waals surface area contributed by atoms with Gasteiger partial charge in [-0.05, 0) is 18.2 Å². The fourth-order valence-electron chi connectivity index (χ4n) is 1.42. The zero-order chi connectivity index (χ0) is 12.3. The van der Waals surface area contributed by atoms with Crippen molar-refractivity contribution >= 4 is 17.4 Å². The van der Waals surface area contributed by atoms with E-state index in [1.807, 2.05) is 0 Å². The molecule has 0 unspecified atom stereocenters. The Kier molecular flexibility index (Phi) is 2.95. The van der Waals surface area contributed by atoms with Crippen LogP contribution in [0, 0.1) is 0 Å². The molecule has 1 aromatic carbocycles. The number of amides is 1. The van der Waals surface area contributed by atoms with Gasteiger partial charge in [0.1, 0.15) is 11.6 Å². The molecule has 1 amide bonds. The standard InChI is InChI=1S/C11H12N4O2/c1-17-9-3-2-7(12)6-8(9)11(16)14-10-4-5-13-15-10/h2-6H,12H2,1H3,(H2,13,14,15,16). The number of aromatic nitrogens is 2. The number of methoxy groups -OCH3 is 1. The van der Waals surface area contributed by atoms with Gasteiger partial charge >= 0.3 is 0 Å². The van der Waals surface area contributed by atoms with Crippen LogP contribution in [0.1, 0.15) is 10.4 Å². The number of carbonyl (C=O) groups excluding carboxylic acids is 1. The maximum absolute atomic E-state index is 11.9. The van der Waals surface area contributed by atoms with E-state index in [4.69, 9.17) is 10.5 Å². The van der Waals surface area contributed by atoms with Gasteiger partial charge in [-0.1, -0.05) is 0 Å². The molecule has 0 bridgehead atoms. The molecule has 0 fully saturated rings. The van der Waals surface area contributed by atoms with E-state index in [0.717, 1.165) is 0 Å². The number of anilines is 2. The highest BCUT2D eigenvalue weighted by Gasteiger charge is 2.13. The van der Waals surface area contributed by atoms with Crippen LogP contribution >= 0.6 is 0 Å². The lowest BCUT2D eigenvalue weighted by Gasteiger charge is -2.08. The molecule has 0 aliphatic carbocycles. The summed E-state index contributed by atoms with van der Waals surface area (Å²) in [7, 11) is 1.50. The van der Waals surface area contributed by atoms with Crippen LogP contribution < -0.4 is 15.8 Å². The highest BCUT2D eigenvalue weighted by Crippen LogP contribution is 2.21. The number of hydrogen-bond donors (Lipinski definition) is 3. The van der Waals surface area contributed by atoms with Gasteiger partial charge in [-0.2, -0.15) is 5.10 Å². The van der Waals surface area contributed by atoms with Crippen LogP contribution in [0.15, 0.2) is 30.5 Å². The summed E-state index contributed by atoms with van der Waals surface area (Å²) in [5, 5.41) is 9.02. The quantitative estimate of drug-likeness (QED) is 0.694.